The molecule has 0 aliphatic carbocycles. The SMILES string of the molecule is CCn1nccc1CN(C)C(=O)c1ccc(COc2ccc(OC)cc2)o1. The number of aromatic nitrogens is 2. The minimum Gasteiger partial charge on any atom is -0.497 e. The van der Waals surface area contributed by atoms with Gasteiger partial charge in [0.2, 0.25) is 0 Å². The summed E-state index contributed by atoms with van der Waals surface area (Å²) < 4.78 is 18.3. The summed E-state index contributed by atoms with van der Waals surface area (Å²) in [6, 6.07) is 12.6. The lowest BCUT2D eigenvalue weighted by Crippen LogP contribution is -2.27. The van der Waals surface area contributed by atoms with Crippen molar-refractivity contribution < 1.29 is 18.7 Å². The molecular weight excluding hydrogens is 346 g/mol. The maximum absolute atomic E-state index is 12.6. The van der Waals surface area contributed by atoms with Gasteiger partial charge < -0.3 is 18.8 Å². The Morgan fingerprint density at radius 2 is 1.89 bits per heavy atom. The highest BCUT2D eigenvalue weighted by Crippen LogP contribution is 2.19. The Morgan fingerprint density at radius 1 is 1.15 bits per heavy atom. The third-order valence-electron chi connectivity index (χ3n) is 4.16. The number of nitrogens with zero attached hydrogens (tertiary/aromatic N) is 3. The van der Waals surface area contributed by atoms with Crippen LogP contribution in [0, 0.1) is 0 Å². The zero-order valence-corrected chi connectivity index (χ0v) is 15.7. The van der Waals surface area contributed by atoms with Gasteiger partial charge in [0.05, 0.1) is 19.3 Å². The van der Waals surface area contributed by atoms with Crippen molar-refractivity contribution >= 4 is 5.91 Å². The first-order valence-electron chi connectivity index (χ1n) is 8.72. The Morgan fingerprint density at radius 3 is 2.59 bits per heavy atom. The molecule has 0 aliphatic heterocycles. The molecule has 2 aromatic heterocycles. The molecule has 0 N–H and O–H groups in total. The molecule has 1 amide bonds. The van der Waals surface area contributed by atoms with Gasteiger partial charge in [-0.05, 0) is 49.4 Å². The van der Waals surface area contributed by atoms with Crippen LogP contribution in [-0.4, -0.2) is 34.7 Å². The standard InChI is InChI=1S/C20H23N3O4/c1-4-23-15(11-12-21-23)13-22(2)20(24)19-10-9-18(27-19)14-26-17-7-5-16(25-3)6-8-17/h5-12H,4,13-14H2,1-3H3. The molecule has 0 atom stereocenters. The lowest BCUT2D eigenvalue weighted by Gasteiger charge is -2.16. The summed E-state index contributed by atoms with van der Waals surface area (Å²) in [4.78, 5) is 14.2. The van der Waals surface area contributed by atoms with E-state index in [9.17, 15) is 4.79 Å². The highest BCUT2D eigenvalue weighted by atomic mass is 16.5. The number of hydrogen-bond acceptors (Lipinski definition) is 5. The number of aryl methyl sites for hydroxylation is 1. The summed E-state index contributed by atoms with van der Waals surface area (Å²) in [5, 5.41) is 4.22. The van der Waals surface area contributed by atoms with Crippen molar-refractivity contribution in [2.75, 3.05) is 14.2 Å². The first-order chi connectivity index (χ1) is 13.1. The van der Waals surface area contributed by atoms with Crippen LogP contribution < -0.4 is 9.47 Å². The van der Waals surface area contributed by atoms with Crippen LogP contribution in [0.2, 0.25) is 0 Å². The lowest BCUT2D eigenvalue weighted by molar-refractivity contribution is 0.0745. The minimum absolute atomic E-state index is 0.186. The van der Waals surface area contributed by atoms with Gasteiger partial charge in [0, 0.05) is 19.8 Å². The van der Waals surface area contributed by atoms with E-state index >= 15 is 0 Å². The fourth-order valence-corrected chi connectivity index (χ4v) is 2.68. The van der Waals surface area contributed by atoms with E-state index in [1.54, 1.807) is 37.4 Å². The van der Waals surface area contributed by atoms with E-state index in [1.807, 2.05) is 41.9 Å². The molecule has 0 unspecified atom stereocenters. The van der Waals surface area contributed by atoms with Crippen molar-refractivity contribution in [3.8, 4) is 11.5 Å². The number of ether oxygens (including phenoxy) is 2. The van der Waals surface area contributed by atoms with Crippen LogP contribution in [0.5, 0.6) is 11.5 Å². The second-order valence-electron chi connectivity index (χ2n) is 6.03. The fraction of sp³-hybridized carbons (Fsp3) is 0.300. The van der Waals surface area contributed by atoms with Gasteiger partial charge in [-0.2, -0.15) is 5.10 Å². The molecule has 0 spiro atoms. The van der Waals surface area contributed by atoms with E-state index in [0.717, 1.165) is 18.0 Å². The molecule has 0 aliphatic rings. The molecule has 3 aromatic rings. The maximum atomic E-state index is 12.6. The van der Waals surface area contributed by atoms with Crippen molar-refractivity contribution in [1.29, 1.82) is 0 Å². The Kier molecular flexibility index (Phi) is 5.80. The highest BCUT2D eigenvalue weighted by Gasteiger charge is 2.17. The second-order valence-corrected chi connectivity index (χ2v) is 6.03. The van der Waals surface area contributed by atoms with Gasteiger partial charge in [0.25, 0.3) is 5.91 Å². The zero-order valence-electron chi connectivity index (χ0n) is 15.7. The summed E-state index contributed by atoms with van der Waals surface area (Å²) in [5.74, 6) is 2.15. The second kappa shape index (κ2) is 8.44. The zero-order chi connectivity index (χ0) is 19.2. The molecule has 3 rings (SSSR count). The number of methoxy groups -OCH3 is 1. The average molecular weight is 369 g/mol. The van der Waals surface area contributed by atoms with Gasteiger partial charge in [0.15, 0.2) is 5.76 Å². The van der Waals surface area contributed by atoms with Gasteiger partial charge in [-0.25, -0.2) is 0 Å². The smallest absolute Gasteiger partial charge is 0.289 e. The van der Waals surface area contributed by atoms with Gasteiger partial charge >= 0.3 is 0 Å². The van der Waals surface area contributed by atoms with E-state index in [2.05, 4.69) is 5.10 Å². The number of rotatable bonds is 8. The van der Waals surface area contributed by atoms with Crippen molar-refractivity contribution in [1.82, 2.24) is 14.7 Å². The molecular formula is C20H23N3O4. The third-order valence-corrected chi connectivity index (χ3v) is 4.16. The van der Waals surface area contributed by atoms with E-state index in [-0.39, 0.29) is 18.3 Å². The predicted molar refractivity (Wildman–Crippen MR) is 99.7 cm³/mol. The van der Waals surface area contributed by atoms with E-state index < -0.39 is 0 Å². The monoisotopic (exact) mass is 369 g/mol. The summed E-state index contributed by atoms with van der Waals surface area (Å²) in [5.41, 5.74) is 0.975. The quantitative estimate of drug-likeness (QED) is 0.609. The summed E-state index contributed by atoms with van der Waals surface area (Å²) in [7, 11) is 3.36. The molecule has 27 heavy (non-hydrogen) atoms. The molecule has 0 radical (unpaired) electrons. The molecule has 7 nitrogen and oxygen atoms in total. The van der Waals surface area contributed by atoms with Crippen molar-refractivity contribution in [3.63, 3.8) is 0 Å². The van der Waals surface area contributed by atoms with Gasteiger partial charge in [-0.3, -0.25) is 9.48 Å². The van der Waals surface area contributed by atoms with Crippen LogP contribution in [0.15, 0.2) is 53.1 Å². The molecule has 142 valence electrons. The fourth-order valence-electron chi connectivity index (χ4n) is 2.68. The van der Waals surface area contributed by atoms with Crippen LogP contribution in [0.25, 0.3) is 0 Å². The van der Waals surface area contributed by atoms with E-state index in [4.69, 9.17) is 13.9 Å². The van der Waals surface area contributed by atoms with E-state index in [0.29, 0.717) is 18.1 Å². The molecule has 0 saturated carbocycles. The number of carbonyl (C=O) groups is 1. The minimum atomic E-state index is -0.186. The number of hydrogen-bond donors (Lipinski definition) is 0. The van der Waals surface area contributed by atoms with Gasteiger partial charge in [0.1, 0.15) is 23.9 Å². The van der Waals surface area contributed by atoms with Crippen LogP contribution in [0.4, 0.5) is 0 Å². The average Bonchev–Trinajstić information content (AvgIpc) is 3.35. The highest BCUT2D eigenvalue weighted by molar-refractivity contribution is 5.91. The molecule has 0 saturated heterocycles. The summed E-state index contributed by atoms with van der Waals surface area (Å²) in [6.07, 6.45) is 1.73. The first-order valence-corrected chi connectivity index (χ1v) is 8.72. The molecule has 1 aromatic carbocycles. The van der Waals surface area contributed by atoms with Crippen molar-refractivity contribution in [2.24, 2.45) is 0 Å². The van der Waals surface area contributed by atoms with Crippen molar-refractivity contribution in [3.05, 3.63) is 65.9 Å². The van der Waals surface area contributed by atoms with Crippen LogP contribution in [0.3, 0.4) is 0 Å². The Hall–Kier alpha value is -3.22. The van der Waals surface area contributed by atoms with Crippen molar-refractivity contribution in [2.45, 2.75) is 26.6 Å². The topological polar surface area (TPSA) is 69.7 Å². The molecule has 0 fully saturated rings. The van der Waals surface area contributed by atoms with E-state index in [1.165, 1.54) is 0 Å². The Labute approximate surface area is 158 Å². The number of carbonyl (C=O) groups excluding carboxylic acids is 1. The lowest BCUT2D eigenvalue weighted by atomic mass is 10.3. The Balaban J connectivity index is 1.58. The Bertz CT molecular complexity index is 883. The number of benzene rings is 1. The third kappa shape index (κ3) is 4.49. The predicted octanol–water partition coefficient (Wildman–Crippen LogP) is 3.36. The summed E-state index contributed by atoms with van der Waals surface area (Å²) in [6.45, 7) is 3.48. The van der Waals surface area contributed by atoms with Gasteiger partial charge in [-0.15, -0.1) is 0 Å². The largest absolute Gasteiger partial charge is 0.497 e. The number of furan rings is 1. The van der Waals surface area contributed by atoms with Crippen LogP contribution in [0.1, 0.15) is 28.9 Å². The molecule has 0 bridgehead atoms. The van der Waals surface area contributed by atoms with Gasteiger partial charge in [-0.1, -0.05) is 0 Å². The summed E-state index contributed by atoms with van der Waals surface area (Å²) >= 11 is 0. The normalized spacial score (nSPS) is 10.6. The molecule has 2 heterocycles. The van der Waals surface area contributed by atoms with Crippen LogP contribution in [-0.2, 0) is 19.7 Å². The maximum Gasteiger partial charge on any atom is 0.289 e. The first kappa shape index (κ1) is 18.6. The number of amides is 1. The van der Waals surface area contributed by atoms with Crippen LogP contribution >= 0.6 is 0 Å². The molecule has 7 heteroatoms.